The molecule has 1 aromatic carbocycles. The Morgan fingerprint density at radius 2 is 1.95 bits per heavy atom. The summed E-state index contributed by atoms with van der Waals surface area (Å²) in [4.78, 5) is 0.0661. The van der Waals surface area contributed by atoms with Gasteiger partial charge < -0.3 is 9.47 Å². The molecule has 0 bridgehead atoms. The number of rotatable bonds is 6. The lowest BCUT2D eigenvalue weighted by Gasteiger charge is -2.13. The van der Waals surface area contributed by atoms with Crippen LogP contribution in [-0.2, 0) is 14.8 Å². The monoisotopic (exact) mass is 283 g/mol. The van der Waals surface area contributed by atoms with Crippen LogP contribution in [0.25, 0.3) is 0 Å². The van der Waals surface area contributed by atoms with Crippen LogP contribution >= 0.6 is 0 Å². The van der Waals surface area contributed by atoms with Gasteiger partial charge in [-0.3, -0.25) is 4.72 Å². The Bertz CT molecular complexity index is 590. The standard InChI is InChI=1S/C13H17NO4S/c1-5-11(17-3)10(2)14-19(15,16)13-9-7-6-8-12(13)18-4/h5-9,14H,1H2,2-4H3. The van der Waals surface area contributed by atoms with Crippen molar-refractivity contribution in [3.63, 3.8) is 0 Å². The van der Waals surface area contributed by atoms with Crippen LogP contribution in [0.4, 0.5) is 0 Å². The van der Waals surface area contributed by atoms with Crippen LogP contribution in [0.15, 0.2) is 53.3 Å². The highest BCUT2D eigenvalue weighted by atomic mass is 32.2. The molecule has 0 fully saturated rings. The van der Waals surface area contributed by atoms with Crippen LogP contribution in [0.2, 0.25) is 0 Å². The Morgan fingerprint density at radius 3 is 2.47 bits per heavy atom. The molecule has 0 heterocycles. The predicted molar refractivity (Wildman–Crippen MR) is 73.2 cm³/mol. The summed E-state index contributed by atoms with van der Waals surface area (Å²) in [6, 6.07) is 6.37. The van der Waals surface area contributed by atoms with Crippen molar-refractivity contribution in [1.29, 1.82) is 0 Å². The third-order valence-electron chi connectivity index (χ3n) is 2.42. The average Bonchev–Trinajstić information content (AvgIpc) is 2.39. The molecule has 5 nitrogen and oxygen atoms in total. The lowest BCUT2D eigenvalue weighted by atomic mass is 10.3. The van der Waals surface area contributed by atoms with Gasteiger partial charge in [0.15, 0.2) is 0 Å². The summed E-state index contributed by atoms with van der Waals surface area (Å²) in [5.41, 5.74) is 0.350. The van der Waals surface area contributed by atoms with Crippen molar-refractivity contribution >= 4 is 10.0 Å². The largest absolute Gasteiger partial charge is 0.495 e. The van der Waals surface area contributed by atoms with Gasteiger partial charge in [-0.25, -0.2) is 8.42 Å². The molecule has 0 unspecified atom stereocenters. The summed E-state index contributed by atoms with van der Waals surface area (Å²) >= 11 is 0. The molecule has 0 saturated heterocycles. The molecule has 1 rings (SSSR count). The number of nitrogens with one attached hydrogen (secondary N) is 1. The van der Waals surface area contributed by atoms with E-state index in [2.05, 4.69) is 11.3 Å². The Labute approximate surface area is 113 Å². The number of sulfonamides is 1. The normalized spacial score (nSPS) is 12.4. The van der Waals surface area contributed by atoms with E-state index in [0.29, 0.717) is 11.5 Å². The van der Waals surface area contributed by atoms with Crippen molar-refractivity contribution in [3.8, 4) is 5.75 Å². The smallest absolute Gasteiger partial charge is 0.265 e. The van der Waals surface area contributed by atoms with Gasteiger partial charge in [-0.05, 0) is 25.1 Å². The van der Waals surface area contributed by atoms with E-state index in [1.807, 2.05) is 0 Å². The van der Waals surface area contributed by atoms with Crippen LogP contribution < -0.4 is 9.46 Å². The molecule has 0 aliphatic heterocycles. The van der Waals surface area contributed by atoms with Crippen molar-refractivity contribution in [2.24, 2.45) is 0 Å². The van der Waals surface area contributed by atoms with Gasteiger partial charge in [0.25, 0.3) is 10.0 Å². The second-order valence-electron chi connectivity index (χ2n) is 3.65. The Morgan fingerprint density at radius 1 is 1.32 bits per heavy atom. The number of methoxy groups -OCH3 is 2. The van der Waals surface area contributed by atoms with E-state index in [1.165, 1.54) is 26.4 Å². The lowest BCUT2D eigenvalue weighted by molar-refractivity contribution is 0.301. The van der Waals surface area contributed by atoms with Gasteiger partial charge in [-0.2, -0.15) is 0 Å². The highest BCUT2D eigenvalue weighted by Crippen LogP contribution is 2.23. The van der Waals surface area contributed by atoms with Crippen molar-refractivity contribution < 1.29 is 17.9 Å². The fraction of sp³-hybridized carbons (Fsp3) is 0.231. The fourth-order valence-corrected chi connectivity index (χ4v) is 2.82. The van der Waals surface area contributed by atoms with Crippen molar-refractivity contribution in [2.45, 2.75) is 11.8 Å². The van der Waals surface area contributed by atoms with Crippen molar-refractivity contribution in [3.05, 3.63) is 48.4 Å². The molecular formula is C13H17NO4S. The number of benzene rings is 1. The zero-order valence-corrected chi connectivity index (χ0v) is 12.0. The van der Waals surface area contributed by atoms with E-state index < -0.39 is 10.0 Å². The van der Waals surface area contributed by atoms with E-state index >= 15 is 0 Å². The van der Waals surface area contributed by atoms with E-state index in [0.717, 1.165) is 0 Å². The summed E-state index contributed by atoms with van der Waals surface area (Å²) in [6.45, 7) is 5.14. The third kappa shape index (κ3) is 3.51. The number of allylic oxidation sites excluding steroid dienone is 2. The van der Waals surface area contributed by atoms with E-state index in [4.69, 9.17) is 9.47 Å². The predicted octanol–water partition coefficient (Wildman–Crippen LogP) is 2.04. The second kappa shape index (κ2) is 6.29. The maximum absolute atomic E-state index is 12.2. The Balaban J connectivity index is 3.19. The quantitative estimate of drug-likeness (QED) is 0.641. The average molecular weight is 283 g/mol. The molecule has 0 aliphatic carbocycles. The van der Waals surface area contributed by atoms with E-state index in [-0.39, 0.29) is 10.6 Å². The van der Waals surface area contributed by atoms with Crippen LogP contribution in [0.1, 0.15) is 6.92 Å². The summed E-state index contributed by atoms with van der Waals surface area (Å²) in [5, 5.41) is 0. The highest BCUT2D eigenvalue weighted by Gasteiger charge is 2.19. The second-order valence-corrected chi connectivity index (χ2v) is 5.30. The highest BCUT2D eigenvalue weighted by molar-refractivity contribution is 7.89. The molecular weight excluding hydrogens is 266 g/mol. The molecule has 104 valence electrons. The van der Waals surface area contributed by atoms with Gasteiger partial charge in [0.05, 0.1) is 19.9 Å². The number of hydrogen-bond acceptors (Lipinski definition) is 4. The lowest BCUT2D eigenvalue weighted by Crippen LogP contribution is -2.23. The zero-order valence-electron chi connectivity index (χ0n) is 11.1. The molecule has 0 saturated carbocycles. The van der Waals surface area contributed by atoms with Crippen LogP contribution in [0, 0.1) is 0 Å². The summed E-state index contributed by atoms with van der Waals surface area (Å²) in [5.74, 6) is 0.638. The Kier molecular flexibility index (Phi) is 5.00. The maximum Gasteiger partial charge on any atom is 0.265 e. The molecule has 19 heavy (non-hydrogen) atoms. The molecule has 0 spiro atoms. The molecule has 6 heteroatoms. The van der Waals surface area contributed by atoms with E-state index in [1.54, 1.807) is 25.1 Å². The SMILES string of the molecule is C=CC(OC)=C(C)NS(=O)(=O)c1ccccc1OC. The van der Waals surface area contributed by atoms with Crippen molar-refractivity contribution in [1.82, 2.24) is 4.72 Å². The third-order valence-corrected chi connectivity index (χ3v) is 3.91. The Hall–Kier alpha value is -1.95. The summed E-state index contributed by atoms with van der Waals surface area (Å²) < 4.78 is 37.0. The molecule has 1 aromatic rings. The number of hydrogen-bond donors (Lipinski definition) is 1. The summed E-state index contributed by atoms with van der Waals surface area (Å²) in [7, 11) is -0.868. The zero-order chi connectivity index (χ0) is 14.5. The van der Waals surface area contributed by atoms with E-state index in [9.17, 15) is 8.42 Å². The van der Waals surface area contributed by atoms with Crippen LogP contribution in [0.5, 0.6) is 5.75 Å². The van der Waals surface area contributed by atoms with Crippen molar-refractivity contribution in [2.75, 3.05) is 14.2 Å². The molecule has 0 aliphatic rings. The first-order valence-corrected chi connectivity index (χ1v) is 6.97. The van der Waals surface area contributed by atoms with Crippen LogP contribution in [-0.4, -0.2) is 22.6 Å². The molecule has 0 radical (unpaired) electrons. The maximum atomic E-state index is 12.2. The first kappa shape index (κ1) is 15.1. The molecule has 0 atom stereocenters. The minimum Gasteiger partial charge on any atom is -0.495 e. The van der Waals surface area contributed by atoms with Crippen LogP contribution in [0.3, 0.4) is 0 Å². The van der Waals surface area contributed by atoms with Gasteiger partial charge in [0.1, 0.15) is 16.4 Å². The minimum atomic E-state index is -3.73. The van der Waals surface area contributed by atoms with Gasteiger partial charge in [0, 0.05) is 0 Å². The fourth-order valence-electron chi connectivity index (χ4n) is 1.54. The minimum absolute atomic E-state index is 0.0661. The topological polar surface area (TPSA) is 64.6 Å². The number of ether oxygens (including phenoxy) is 2. The first-order valence-electron chi connectivity index (χ1n) is 5.49. The summed E-state index contributed by atoms with van der Waals surface area (Å²) in [6.07, 6.45) is 1.43. The first-order chi connectivity index (χ1) is 8.96. The van der Waals surface area contributed by atoms with Gasteiger partial charge in [-0.15, -0.1) is 0 Å². The van der Waals surface area contributed by atoms with Gasteiger partial charge in [-0.1, -0.05) is 18.7 Å². The molecule has 0 aromatic heterocycles. The van der Waals surface area contributed by atoms with Gasteiger partial charge >= 0.3 is 0 Å². The van der Waals surface area contributed by atoms with Gasteiger partial charge in [0.2, 0.25) is 0 Å². The molecule has 0 amide bonds. The number of para-hydroxylation sites is 1. The molecule has 1 N–H and O–H groups in total.